The van der Waals surface area contributed by atoms with Crippen molar-refractivity contribution in [3.8, 4) is 22.3 Å². The molecule has 1 aliphatic carbocycles. The summed E-state index contributed by atoms with van der Waals surface area (Å²) in [6.45, 7) is 0. The van der Waals surface area contributed by atoms with Crippen LogP contribution in [0.1, 0.15) is 26.3 Å². The zero-order valence-corrected chi connectivity index (χ0v) is 13.3. The molecule has 4 rings (SSSR count). The van der Waals surface area contributed by atoms with E-state index < -0.39 is 51.7 Å². The van der Waals surface area contributed by atoms with Crippen LogP contribution in [0, 0.1) is 23.3 Å². The van der Waals surface area contributed by atoms with Crippen molar-refractivity contribution in [3.63, 3.8) is 0 Å². The number of carbonyl (C=O) groups excluding carboxylic acids is 1. The Morgan fingerprint density at radius 2 is 1.41 bits per heavy atom. The minimum Gasteiger partial charge on any atom is -0.478 e. The van der Waals surface area contributed by atoms with Gasteiger partial charge in [0.15, 0.2) is 29.1 Å². The SMILES string of the molecule is O=C(O)c1ccccc1-c1cc2c(c(F)c1F)-c1c(ccc(F)c1F)C2=O. The highest BCUT2D eigenvalue weighted by molar-refractivity contribution is 6.22. The highest BCUT2D eigenvalue weighted by Gasteiger charge is 2.36. The topological polar surface area (TPSA) is 54.4 Å². The molecule has 0 bridgehead atoms. The summed E-state index contributed by atoms with van der Waals surface area (Å²) >= 11 is 0. The first-order valence-electron chi connectivity index (χ1n) is 7.70. The van der Waals surface area contributed by atoms with Gasteiger partial charge in [-0.2, -0.15) is 0 Å². The summed E-state index contributed by atoms with van der Waals surface area (Å²) in [7, 11) is 0. The van der Waals surface area contributed by atoms with Crippen LogP contribution in [0.15, 0.2) is 42.5 Å². The molecule has 0 atom stereocenters. The number of rotatable bonds is 2. The molecule has 3 aromatic carbocycles. The van der Waals surface area contributed by atoms with E-state index in [4.69, 9.17) is 0 Å². The van der Waals surface area contributed by atoms with E-state index >= 15 is 0 Å². The number of ketones is 1. The molecule has 0 fully saturated rings. The number of carboxylic acids is 1. The van der Waals surface area contributed by atoms with Crippen molar-refractivity contribution < 1.29 is 32.3 Å². The van der Waals surface area contributed by atoms with Crippen molar-refractivity contribution in [1.82, 2.24) is 0 Å². The van der Waals surface area contributed by atoms with E-state index in [0.717, 1.165) is 18.2 Å². The van der Waals surface area contributed by atoms with Crippen molar-refractivity contribution >= 4 is 11.8 Å². The molecule has 0 aromatic heterocycles. The molecule has 1 aliphatic rings. The predicted octanol–water partition coefficient (Wildman–Crippen LogP) is 4.82. The number of carboxylic acid groups (broad SMARTS) is 1. The van der Waals surface area contributed by atoms with Crippen LogP contribution in [0.4, 0.5) is 17.6 Å². The molecule has 0 unspecified atom stereocenters. The van der Waals surface area contributed by atoms with Gasteiger partial charge in [-0.3, -0.25) is 4.79 Å². The summed E-state index contributed by atoms with van der Waals surface area (Å²) in [6.07, 6.45) is 0. The molecule has 1 N–H and O–H groups in total. The average Bonchev–Trinajstić information content (AvgIpc) is 2.94. The number of halogens is 4. The van der Waals surface area contributed by atoms with Crippen LogP contribution in [-0.4, -0.2) is 16.9 Å². The lowest BCUT2D eigenvalue weighted by Gasteiger charge is -2.11. The zero-order chi connectivity index (χ0) is 19.5. The van der Waals surface area contributed by atoms with Gasteiger partial charge in [0.25, 0.3) is 0 Å². The first kappa shape index (κ1) is 17.0. The first-order chi connectivity index (χ1) is 12.8. The third-order valence-corrected chi connectivity index (χ3v) is 4.49. The van der Waals surface area contributed by atoms with Crippen molar-refractivity contribution in [3.05, 3.63) is 82.4 Å². The van der Waals surface area contributed by atoms with Gasteiger partial charge < -0.3 is 5.11 Å². The molecule has 0 amide bonds. The van der Waals surface area contributed by atoms with Crippen molar-refractivity contribution in [1.29, 1.82) is 0 Å². The van der Waals surface area contributed by atoms with E-state index in [9.17, 15) is 32.3 Å². The molecular weight excluding hydrogens is 364 g/mol. The Hall–Kier alpha value is -3.48. The number of aromatic carboxylic acids is 1. The van der Waals surface area contributed by atoms with E-state index in [2.05, 4.69) is 0 Å². The predicted molar refractivity (Wildman–Crippen MR) is 87.5 cm³/mol. The summed E-state index contributed by atoms with van der Waals surface area (Å²) in [5.74, 6) is -7.90. The fraction of sp³-hybridized carbons (Fsp3) is 0. The normalized spacial score (nSPS) is 12.1. The Kier molecular flexibility index (Phi) is 3.62. The second kappa shape index (κ2) is 5.77. The van der Waals surface area contributed by atoms with Crippen molar-refractivity contribution in [2.24, 2.45) is 0 Å². The molecule has 0 heterocycles. The third-order valence-electron chi connectivity index (χ3n) is 4.49. The maximum Gasteiger partial charge on any atom is 0.336 e. The number of benzene rings is 3. The van der Waals surface area contributed by atoms with Crippen molar-refractivity contribution in [2.75, 3.05) is 0 Å². The average molecular weight is 372 g/mol. The quantitative estimate of drug-likeness (QED) is 0.514. The van der Waals surface area contributed by atoms with Crippen LogP contribution in [0.3, 0.4) is 0 Å². The Labute approximate surface area is 149 Å². The van der Waals surface area contributed by atoms with E-state index in [1.807, 2.05) is 0 Å². The lowest BCUT2D eigenvalue weighted by Crippen LogP contribution is -2.04. The fourth-order valence-electron chi connectivity index (χ4n) is 3.28. The summed E-state index contributed by atoms with van der Waals surface area (Å²) in [5, 5.41) is 9.27. The van der Waals surface area contributed by atoms with Crippen LogP contribution in [0.5, 0.6) is 0 Å². The summed E-state index contributed by atoms with van der Waals surface area (Å²) in [4.78, 5) is 23.9. The van der Waals surface area contributed by atoms with Crippen LogP contribution >= 0.6 is 0 Å². The lowest BCUT2D eigenvalue weighted by atomic mass is 9.94. The van der Waals surface area contributed by atoms with Gasteiger partial charge in [-0.1, -0.05) is 18.2 Å². The van der Waals surface area contributed by atoms with Gasteiger partial charge in [0.2, 0.25) is 0 Å². The molecule has 7 heteroatoms. The monoisotopic (exact) mass is 372 g/mol. The molecule has 27 heavy (non-hydrogen) atoms. The maximum absolute atomic E-state index is 14.8. The summed E-state index contributed by atoms with van der Waals surface area (Å²) < 4.78 is 57.2. The van der Waals surface area contributed by atoms with E-state index in [-0.39, 0.29) is 22.3 Å². The van der Waals surface area contributed by atoms with E-state index in [0.29, 0.717) is 0 Å². The molecular formula is C20H8F4O3. The Bertz CT molecular complexity index is 1170. The van der Waals surface area contributed by atoms with Crippen LogP contribution in [-0.2, 0) is 0 Å². The van der Waals surface area contributed by atoms with Gasteiger partial charge in [-0.25, -0.2) is 22.4 Å². The molecule has 0 radical (unpaired) electrons. The Morgan fingerprint density at radius 3 is 2.11 bits per heavy atom. The second-order valence-electron chi connectivity index (χ2n) is 5.94. The number of carbonyl (C=O) groups is 2. The van der Waals surface area contributed by atoms with Gasteiger partial charge in [-0.15, -0.1) is 0 Å². The number of hydrogen-bond donors (Lipinski definition) is 1. The van der Waals surface area contributed by atoms with Gasteiger partial charge in [0.1, 0.15) is 0 Å². The van der Waals surface area contributed by atoms with Gasteiger partial charge in [-0.05, 0) is 29.8 Å². The number of hydrogen-bond acceptors (Lipinski definition) is 2. The van der Waals surface area contributed by atoms with Crippen LogP contribution in [0.25, 0.3) is 22.3 Å². The zero-order valence-electron chi connectivity index (χ0n) is 13.3. The van der Waals surface area contributed by atoms with Gasteiger partial charge in [0.05, 0.1) is 5.56 Å². The van der Waals surface area contributed by atoms with E-state index in [1.54, 1.807) is 0 Å². The Balaban J connectivity index is 2.06. The first-order valence-corrected chi connectivity index (χ1v) is 7.70. The molecule has 0 saturated carbocycles. The van der Waals surface area contributed by atoms with Crippen LogP contribution in [0.2, 0.25) is 0 Å². The minimum atomic E-state index is -1.54. The molecule has 134 valence electrons. The molecule has 3 nitrogen and oxygen atoms in total. The van der Waals surface area contributed by atoms with Crippen molar-refractivity contribution in [2.45, 2.75) is 0 Å². The second-order valence-corrected chi connectivity index (χ2v) is 5.94. The molecule has 0 spiro atoms. The molecule has 0 aliphatic heterocycles. The highest BCUT2D eigenvalue weighted by atomic mass is 19.2. The third kappa shape index (κ3) is 2.28. The highest BCUT2D eigenvalue weighted by Crippen LogP contribution is 2.44. The standard InChI is InChI=1S/C20H8F4O3/c21-13-6-5-10-14(17(13)23)15-12(19(10)25)7-11(16(22)18(15)24)8-3-1-2-4-9(8)20(26)27/h1-7H,(H,26,27). The molecule has 3 aromatic rings. The van der Waals surface area contributed by atoms with E-state index in [1.165, 1.54) is 24.3 Å². The maximum atomic E-state index is 14.8. The smallest absolute Gasteiger partial charge is 0.336 e. The van der Waals surface area contributed by atoms with Gasteiger partial charge >= 0.3 is 5.97 Å². The van der Waals surface area contributed by atoms with Crippen LogP contribution < -0.4 is 0 Å². The minimum absolute atomic E-state index is 0.139. The lowest BCUT2D eigenvalue weighted by molar-refractivity contribution is 0.0697. The Morgan fingerprint density at radius 1 is 0.741 bits per heavy atom. The number of fused-ring (bicyclic) bond motifs is 3. The largest absolute Gasteiger partial charge is 0.478 e. The fourth-order valence-corrected chi connectivity index (χ4v) is 3.28. The summed E-state index contributed by atoms with van der Waals surface area (Å²) in [5.41, 5.74) is -2.83. The van der Waals surface area contributed by atoms with Gasteiger partial charge in [0, 0.05) is 27.8 Å². The molecule has 0 saturated heterocycles. The summed E-state index contributed by atoms with van der Waals surface area (Å²) in [6, 6.07) is 8.00.